The molecule has 0 bridgehead atoms. The van der Waals surface area contributed by atoms with Crippen LogP contribution in [-0.4, -0.2) is 32.9 Å². The van der Waals surface area contributed by atoms with Gasteiger partial charge in [0.2, 0.25) is 0 Å². The van der Waals surface area contributed by atoms with E-state index >= 15 is 0 Å². The van der Waals surface area contributed by atoms with Crippen LogP contribution >= 0.6 is 0 Å². The van der Waals surface area contributed by atoms with Crippen molar-refractivity contribution < 1.29 is 4.79 Å². The number of carbonyl (C=O) groups excluding carboxylic acids is 1. The first-order valence-electron chi connectivity index (χ1n) is 7.34. The fourth-order valence-electron chi connectivity index (χ4n) is 2.24. The Bertz CT molecular complexity index is 753. The number of amides is 1. The molecule has 3 rings (SSSR count). The Balaban J connectivity index is 1.55. The second-order valence-corrected chi connectivity index (χ2v) is 5.25. The van der Waals surface area contributed by atoms with Crippen LogP contribution in [-0.2, 0) is 0 Å². The molecule has 116 valence electrons. The van der Waals surface area contributed by atoms with Gasteiger partial charge in [0.25, 0.3) is 5.91 Å². The molecule has 0 aliphatic carbocycles. The van der Waals surface area contributed by atoms with E-state index in [-0.39, 0.29) is 11.6 Å². The molecule has 0 spiro atoms. The molecule has 0 fully saturated rings. The molecule has 7 nitrogen and oxygen atoms in total. The highest BCUT2D eigenvalue weighted by atomic mass is 16.1. The third-order valence-corrected chi connectivity index (χ3v) is 3.61. The predicted octanol–water partition coefficient (Wildman–Crippen LogP) is 1.96. The maximum absolute atomic E-state index is 12.2. The van der Waals surface area contributed by atoms with E-state index in [1.165, 1.54) is 0 Å². The van der Waals surface area contributed by atoms with Crippen LogP contribution < -0.4 is 5.32 Å². The van der Waals surface area contributed by atoms with Gasteiger partial charge in [-0.1, -0.05) is 0 Å². The lowest BCUT2D eigenvalue weighted by atomic mass is 10.0. The molecule has 0 saturated carbocycles. The molecular weight excluding hydrogens is 292 g/mol. The molecule has 1 amide bonds. The molecule has 0 radical (unpaired) electrons. The first-order valence-corrected chi connectivity index (χ1v) is 7.34. The molecule has 1 aliphatic rings. The van der Waals surface area contributed by atoms with Crippen molar-refractivity contribution in [1.82, 2.24) is 20.1 Å². The van der Waals surface area contributed by atoms with Crippen LogP contribution in [0, 0.1) is 12.3 Å². The zero-order valence-electron chi connectivity index (χ0n) is 12.5. The van der Waals surface area contributed by atoms with Gasteiger partial charge in [-0.15, -0.1) is 12.3 Å². The Kier molecular flexibility index (Phi) is 4.15. The fourth-order valence-corrected chi connectivity index (χ4v) is 2.24. The fraction of sp³-hybridized carbons (Fsp3) is 0.312. The smallest absolute Gasteiger partial charge is 0.251 e. The highest BCUT2D eigenvalue weighted by molar-refractivity contribution is 5.94. The largest absolute Gasteiger partial charge is 0.352 e. The van der Waals surface area contributed by atoms with Gasteiger partial charge in [-0.25, -0.2) is 9.67 Å². The second kappa shape index (κ2) is 6.40. The number of terminal acetylenes is 1. The monoisotopic (exact) mass is 308 g/mol. The number of nitrogens with zero attached hydrogens (tertiary/aromatic N) is 5. The maximum atomic E-state index is 12.2. The Morgan fingerprint density at radius 3 is 2.91 bits per heavy atom. The number of hydrogen-bond acceptors (Lipinski definition) is 5. The summed E-state index contributed by atoms with van der Waals surface area (Å²) in [7, 11) is 0. The van der Waals surface area contributed by atoms with E-state index in [0.29, 0.717) is 30.8 Å². The number of aromatic nitrogens is 3. The van der Waals surface area contributed by atoms with Crippen molar-refractivity contribution in [1.29, 1.82) is 0 Å². The first-order chi connectivity index (χ1) is 11.2. The van der Waals surface area contributed by atoms with Crippen molar-refractivity contribution in [3.8, 4) is 18.2 Å². The summed E-state index contributed by atoms with van der Waals surface area (Å²) in [6.07, 6.45) is 12.3. The van der Waals surface area contributed by atoms with Crippen molar-refractivity contribution in [2.75, 3.05) is 6.54 Å². The van der Waals surface area contributed by atoms with Crippen LogP contribution in [0.2, 0.25) is 0 Å². The molecule has 23 heavy (non-hydrogen) atoms. The Hall–Kier alpha value is -3.01. The summed E-state index contributed by atoms with van der Waals surface area (Å²) >= 11 is 0. The van der Waals surface area contributed by atoms with E-state index in [2.05, 4.69) is 31.5 Å². The van der Waals surface area contributed by atoms with E-state index in [1.807, 2.05) is 0 Å². The molecule has 0 saturated heterocycles. The summed E-state index contributed by atoms with van der Waals surface area (Å²) in [5.74, 6) is 3.02. The van der Waals surface area contributed by atoms with Gasteiger partial charge in [-0.2, -0.15) is 15.3 Å². The number of carbonyl (C=O) groups is 1. The Labute approximate surface area is 133 Å². The van der Waals surface area contributed by atoms with Crippen molar-refractivity contribution >= 4 is 5.91 Å². The van der Waals surface area contributed by atoms with Gasteiger partial charge < -0.3 is 5.32 Å². The molecule has 0 atom stereocenters. The van der Waals surface area contributed by atoms with Gasteiger partial charge in [0.1, 0.15) is 0 Å². The molecule has 1 aliphatic heterocycles. The highest BCUT2D eigenvalue weighted by Crippen LogP contribution is 2.36. The molecule has 2 aromatic heterocycles. The summed E-state index contributed by atoms with van der Waals surface area (Å²) in [5, 5.41) is 15.1. The van der Waals surface area contributed by atoms with E-state index < -0.39 is 0 Å². The normalized spacial score (nSPS) is 14.2. The molecule has 2 aromatic rings. The van der Waals surface area contributed by atoms with E-state index in [4.69, 9.17) is 6.42 Å². The molecule has 7 heteroatoms. The highest BCUT2D eigenvalue weighted by Gasteiger charge is 2.38. The minimum absolute atomic E-state index is 0.159. The number of pyridine rings is 1. The van der Waals surface area contributed by atoms with Crippen LogP contribution in [0.25, 0.3) is 5.82 Å². The average Bonchev–Trinajstić information content (AvgIpc) is 3.12. The average molecular weight is 308 g/mol. The van der Waals surface area contributed by atoms with Crippen LogP contribution in [0.5, 0.6) is 0 Å². The van der Waals surface area contributed by atoms with Crippen LogP contribution in [0.1, 0.15) is 29.6 Å². The summed E-state index contributed by atoms with van der Waals surface area (Å²) in [6.45, 7) is 0.496. The van der Waals surface area contributed by atoms with Gasteiger partial charge in [0.05, 0.1) is 0 Å². The van der Waals surface area contributed by atoms with Crippen LogP contribution in [0.15, 0.2) is 47.0 Å². The standard InChI is InChI=1S/C16H16N6O/c1-2-3-6-16(20-21-16)7-10-18-15(23)13-5-9-17-14(12-13)22-11-4-8-19-22/h1,4-5,8-9,11-12H,3,6-7,10H2,(H,18,23). The lowest BCUT2D eigenvalue weighted by Crippen LogP contribution is -2.28. The first kappa shape index (κ1) is 14.9. The molecular formula is C16H16N6O. The lowest BCUT2D eigenvalue weighted by Gasteiger charge is -2.10. The van der Waals surface area contributed by atoms with Gasteiger partial charge in [-0.3, -0.25) is 4.79 Å². The van der Waals surface area contributed by atoms with Crippen molar-refractivity contribution in [3.63, 3.8) is 0 Å². The predicted molar refractivity (Wildman–Crippen MR) is 84.0 cm³/mol. The summed E-state index contributed by atoms with van der Waals surface area (Å²) in [6, 6.07) is 5.16. The second-order valence-electron chi connectivity index (χ2n) is 5.25. The third-order valence-electron chi connectivity index (χ3n) is 3.61. The number of hydrogen-bond donors (Lipinski definition) is 1. The lowest BCUT2D eigenvalue weighted by molar-refractivity contribution is 0.0951. The van der Waals surface area contributed by atoms with Crippen LogP contribution in [0.3, 0.4) is 0 Å². The minimum Gasteiger partial charge on any atom is -0.352 e. The Morgan fingerprint density at radius 1 is 1.35 bits per heavy atom. The topological polar surface area (TPSA) is 84.5 Å². The third kappa shape index (κ3) is 3.61. The number of nitrogens with one attached hydrogen (secondary N) is 1. The summed E-state index contributed by atoms with van der Waals surface area (Å²) in [4.78, 5) is 16.4. The molecule has 0 unspecified atom stereocenters. The van der Waals surface area contributed by atoms with E-state index in [9.17, 15) is 4.79 Å². The summed E-state index contributed by atoms with van der Waals surface area (Å²) in [5.41, 5.74) is 0.158. The van der Waals surface area contributed by atoms with Gasteiger partial charge in [0, 0.05) is 50.0 Å². The maximum Gasteiger partial charge on any atom is 0.251 e. The van der Waals surface area contributed by atoms with Crippen molar-refractivity contribution in [2.45, 2.75) is 24.9 Å². The molecule has 3 heterocycles. The van der Waals surface area contributed by atoms with Crippen LogP contribution in [0.4, 0.5) is 0 Å². The quantitative estimate of drug-likeness (QED) is 0.793. The molecule has 0 aromatic carbocycles. The summed E-state index contributed by atoms with van der Waals surface area (Å²) < 4.78 is 1.60. The zero-order chi connectivity index (χ0) is 16.1. The Morgan fingerprint density at radius 2 is 2.22 bits per heavy atom. The zero-order valence-corrected chi connectivity index (χ0v) is 12.5. The molecule has 1 N–H and O–H groups in total. The van der Waals surface area contributed by atoms with Crippen molar-refractivity contribution in [2.24, 2.45) is 10.2 Å². The van der Waals surface area contributed by atoms with Gasteiger partial charge in [0.15, 0.2) is 11.5 Å². The van der Waals surface area contributed by atoms with Gasteiger partial charge in [-0.05, 0) is 18.2 Å². The SMILES string of the molecule is C#CCCC1(CCNC(=O)c2ccnc(-n3cccn3)c2)N=N1. The van der Waals surface area contributed by atoms with Crippen molar-refractivity contribution in [3.05, 3.63) is 42.4 Å². The van der Waals surface area contributed by atoms with E-state index in [1.54, 1.807) is 41.5 Å². The van der Waals surface area contributed by atoms with Gasteiger partial charge >= 0.3 is 0 Å². The number of rotatable bonds is 7. The van der Waals surface area contributed by atoms with E-state index in [0.717, 1.165) is 6.42 Å². The minimum atomic E-state index is -0.377.